The lowest BCUT2D eigenvalue weighted by Gasteiger charge is -2.35. The number of amides is 1. The molecule has 0 spiro atoms. The summed E-state index contributed by atoms with van der Waals surface area (Å²) >= 11 is 0. The summed E-state index contributed by atoms with van der Waals surface area (Å²) in [5, 5.41) is 9.24. The largest absolute Gasteiger partial charge is 0.396 e. The van der Waals surface area contributed by atoms with Gasteiger partial charge in [0.25, 0.3) is 5.91 Å². The molecule has 1 amide bonds. The first-order valence-corrected chi connectivity index (χ1v) is 8.51. The quantitative estimate of drug-likeness (QED) is 0.939. The van der Waals surface area contributed by atoms with Gasteiger partial charge in [0.2, 0.25) is 0 Å². The molecule has 2 heterocycles. The van der Waals surface area contributed by atoms with Crippen molar-refractivity contribution in [3.05, 3.63) is 47.8 Å². The van der Waals surface area contributed by atoms with Gasteiger partial charge in [-0.3, -0.25) is 4.79 Å². The summed E-state index contributed by atoms with van der Waals surface area (Å²) in [7, 11) is 0. The maximum Gasteiger partial charge on any atom is 0.257 e. The zero-order valence-electron chi connectivity index (χ0n) is 14.0. The van der Waals surface area contributed by atoms with E-state index in [1.165, 1.54) is 0 Å². The van der Waals surface area contributed by atoms with Crippen LogP contribution in [0.25, 0.3) is 11.4 Å². The van der Waals surface area contributed by atoms with E-state index in [-0.39, 0.29) is 18.6 Å². The first-order chi connectivity index (χ1) is 11.7. The number of piperidine rings is 1. The highest BCUT2D eigenvalue weighted by Gasteiger charge is 2.28. The summed E-state index contributed by atoms with van der Waals surface area (Å²) < 4.78 is 0. The average molecular weight is 325 g/mol. The van der Waals surface area contributed by atoms with E-state index in [1.807, 2.05) is 42.2 Å². The Morgan fingerprint density at radius 2 is 2.08 bits per heavy atom. The number of aliphatic hydroxyl groups excluding tert-OH is 1. The molecule has 24 heavy (non-hydrogen) atoms. The molecule has 0 aliphatic carbocycles. The Kier molecular flexibility index (Phi) is 5.20. The van der Waals surface area contributed by atoms with Crippen LogP contribution in [0.3, 0.4) is 0 Å². The Balaban J connectivity index is 1.85. The molecular weight excluding hydrogens is 302 g/mol. The highest BCUT2D eigenvalue weighted by molar-refractivity contribution is 5.95. The lowest BCUT2D eigenvalue weighted by molar-refractivity contribution is 0.0573. The van der Waals surface area contributed by atoms with Crippen LogP contribution in [0, 0.1) is 6.92 Å². The molecule has 2 aromatic rings. The zero-order valence-corrected chi connectivity index (χ0v) is 14.0. The van der Waals surface area contributed by atoms with Gasteiger partial charge in [0.15, 0.2) is 5.82 Å². The molecule has 1 fully saturated rings. The Bertz CT molecular complexity index is 701. The standard InChI is InChI=1S/C19H23N3O2/c1-14-17(13-20-18(21-14)15-7-3-2-4-8-15)19(24)22-11-6-5-9-16(22)10-12-23/h2-4,7-8,13,16,23H,5-6,9-12H2,1H3. The SMILES string of the molecule is Cc1nc(-c2ccccc2)ncc1C(=O)N1CCCCC1CCO. The molecule has 5 heteroatoms. The van der Waals surface area contributed by atoms with E-state index in [0.29, 0.717) is 23.5 Å². The first-order valence-electron chi connectivity index (χ1n) is 8.51. The van der Waals surface area contributed by atoms with Crippen LogP contribution in [0.1, 0.15) is 41.7 Å². The molecule has 126 valence electrons. The number of carbonyl (C=O) groups excluding carboxylic acids is 1. The number of aliphatic hydroxyl groups is 1. The molecule has 0 saturated carbocycles. The van der Waals surface area contributed by atoms with Crippen molar-refractivity contribution in [2.24, 2.45) is 0 Å². The van der Waals surface area contributed by atoms with Gasteiger partial charge in [0.05, 0.1) is 11.3 Å². The minimum atomic E-state index is -0.0229. The van der Waals surface area contributed by atoms with Gasteiger partial charge in [-0.25, -0.2) is 9.97 Å². The molecule has 1 N–H and O–H groups in total. The fraction of sp³-hybridized carbons (Fsp3) is 0.421. The third-order valence-electron chi connectivity index (χ3n) is 4.59. The number of carbonyl (C=O) groups is 1. The molecule has 1 saturated heterocycles. The number of hydrogen-bond acceptors (Lipinski definition) is 4. The van der Waals surface area contributed by atoms with Gasteiger partial charge in [0.1, 0.15) is 0 Å². The van der Waals surface area contributed by atoms with Crippen molar-refractivity contribution in [1.29, 1.82) is 0 Å². The first kappa shape index (κ1) is 16.6. The molecule has 1 aromatic heterocycles. The van der Waals surface area contributed by atoms with Gasteiger partial charge in [-0.15, -0.1) is 0 Å². The second kappa shape index (κ2) is 7.53. The molecule has 1 aromatic carbocycles. The number of hydrogen-bond donors (Lipinski definition) is 1. The number of benzene rings is 1. The van der Waals surface area contributed by atoms with Gasteiger partial charge >= 0.3 is 0 Å². The summed E-state index contributed by atoms with van der Waals surface area (Å²) in [6.45, 7) is 2.70. The number of rotatable bonds is 4. The van der Waals surface area contributed by atoms with E-state index < -0.39 is 0 Å². The topological polar surface area (TPSA) is 66.3 Å². The lowest BCUT2D eigenvalue weighted by Crippen LogP contribution is -2.44. The molecule has 1 atom stereocenters. The van der Waals surface area contributed by atoms with E-state index in [2.05, 4.69) is 9.97 Å². The highest BCUT2D eigenvalue weighted by Crippen LogP contribution is 2.23. The van der Waals surface area contributed by atoms with Gasteiger partial charge in [-0.2, -0.15) is 0 Å². The van der Waals surface area contributed by atoms with Crippen molar-refractivity contribution in [1.82, 2.24) is 14.9 Å². The second-order valence-electron chi connectivity index (χ2n) is 6.22. The molecule has 5 nitrogen and oxygen atoms in total. The van der Waals surface area contributed by atoms with Crippen molar-refractivity contribution in [2.45, 2.75) is 38.6 Å². The molecular formula is C19H23N3O2. The predicted octanol–water partition coefficient (Wildman–Crippen LogP) is 2.83. The normalized spacial score (nSPS) is 17.8. The Morgan fingerprint density at radius 3 is 2.79 bits per heavy atom. The smallest absolute Gasteiger partial charge is 0.257 e. The second-order valence-corrected chi connectivity index (χ2v) is 6.22. The summed E-state index contributed by atoms with van der Waals surface area (Å²) in [4.78, 5) is 23.7. The van der Waals surface area contributed by atoms with Crippen molar-refractivity contribution in [2.75, 3.05) is 13.2 Å². The number of nitrogens with zero attached hydrogens (tertiary/aromatic N) is 3. The predicted molar refractivity (Wildman–Crippen MR) is 92.6 cm³/mol. The third-order valence-corrected chi connectivity index (χ3v) is 4.59. The fourth-order valence-electron chi connectivity index (χ4n) is 3.28. The molecule has 1 unspecified atom stereocenters. The van der Waals surface area contributed by atoms with Crippen molar-refractivity contribution in [3.8, 4) is 11.4 Å². The number of aryl methyl sites for hydroxylation is 1. The van der Waals surface area contributed by atoms with Gasteiger partial charge < -0.3 is 10.0 Å². The van der Waals surface area contributed by atoms with Crippen LogP contribution < -0.4 is 0 Å². The molecule has 0 radical (unpaired) electrons. The third kappa shape index (κ3) is 3.46. The molecule has 1 aliphatic heterocycles. The van der Waals surface area contributed by atoms with Crippen LogP contribution in [-0.4, -0.2) is 45.1 Å². The van der Waals surface area contributed by atoms with Gasteiger partial charge in [0, 0.05) is 31.0 Å². The van der Waals surface area contributed by atoms with Crippen LogP contribution in [0.4, 0.5) is 0 Å². The fourth-order valence-corrected chi connectivity index (χ4v) is 3.28. The summed E-state index contributed by atoms with van der Waals surface area (Å²) in [6, 6.07) is 9.87. The monoisotopic (exact) mass is 325 g/mol. The van der Waals surface area contributed by atoms with Crippen LogP contribution in [0.2, 0.25) is 0 Å². The summed E-state index contributed by atoms with van der Waals surface area (Å²) in [5.41, 5.74) is 2.19. The van der Waals surface area contributed by atoms with Crippen molar-refractivity contribution < 1.29 is 9.90 Å². The van der Waals surface area contributed by atoms with Crippen molar-refractivity contribution in [3.63, 3.8) is 0 Å². The number of aromatic nitrogens is 2. The van der Waals surface area contributed by atoms with Crippen LogP contribution in [0.5, 0.6) is 0 Å². The Hall–Kier alpha value is -2.27. The summed E-state index contributed by atoms with van der Waals surface area (Å²) in [6.07, 6.45) is 5.34. The maximum absolute atomic E-state index is 12.9. The lowest BCUT2D eigenvalue weighted by atomic mass is 9.98. The highest BCUT2D eigenvalue weighted by atomic mass is 16.3. The van der Waals surface area contributed by atoms with Crippen LogP contribution in [0.15, 0.2) is 36.5 Å². The maximum atomic E-state index is 12.9. The average Bonchev–Trinajstić information content (AvgIpc) is 2.62. The van der Waals surface area contributed by atoms with E-state index in [1.54, 1.807) is 6.20 Å². The molecule has 1 aliphatic rings. The minimum Gasteiger partial charge on any atom is -0.396 e. The van der Waals surface area contributed by atoms with Gasteiger partial charge in [-0.05, 0) is 32.6 Å². The van der Waals surface area contributed by atoms with E-state index in [9.17, 15) is 9.90 Å². The minimum absolute atomic E-state index is 0.0229. The van der Waals surface area contributed by atoms with E-state index >= 15 is 0 Å². The zero-order chi connectivity index (χ0) is 16.9. The number of likely N-dealkylation sites (tertiary alicyclic amines) is 1. The Labute approximate surface area is 142 Å². The van der Waals surface area contributed by atoms with Gasteiger partial charge in [-0.1, -0.05) is 30.3 Å². The van der Waals surface area contributed by atoms with Crippen molar-refractivity contribution >= 4 is 5.91 Å². The Morgan fingerprint density at radius 1 is 1.29 bits per heavy atom. The molecule has 0 bridgehead atoms. The summed E-state index contributed by atoms with van der Waals surface area (Å²) in [5.74, 6) is 0.612. The van der Waals surface area contributed by atoms with E-state index in [4.69, 9.17) is 0 Å². The molecule has 3 rings (SSSR count). The van der Waals surface area contributed by atoms with Crippen LogP contribution >= 0.6 is 0 Å². The van der Waals surface area contributed by atoms with Crippen LogP contribution in [-0.2, 0) is 0 Å². The van der Waals surface area contributed by atoms with E-state index in [0.717, 1.165) is 31.4 Å².